The lowest BCUT2D eigenvalue weighted by Gasteiger charge is -2.32. The first kappa shape index (κ1) is 15.2. The van der Waals surface area contributed by atoms with Crippen LogP contribution in [0.2, 0.25) is 0 Å². The van der Waals surface area contributed by atoms with Crippen LogP contribution >= 0.6 is 0 Å². The molecule has 1 aliphatic carbocycles. The molecule has 0 atom stereocenters. The molecule has 6 nitrogen and oxygen atoms in total. The fourth-order valence-electron chi connectivity index (χ4n) is 2.41. The van der Waals surface area contributed by atoms with Crippen LogP contribution in [0, 0.1) is 5.92 Å². The van der Waals surface area contributed by atoms with E-state index in [4.69, 9.17) is 14.6 Å². The van der Waals surface area contributed by atoms with Crippen LogP contribution in [-0.2, 0) is 16.0 Å². The number of benzene rings is 1. The van der Waals surface area contributed by atoms with E-state index in [9.17, 15) is 9.59 Å². The number of carbonyl (C=O) groups excluding carboxylic acids is 1. The van der Waals surface area contributed by atoms with E-state index in [1.54, 1.807) is 32.4 Å². The van der Waals surface area contributed by atoms with Crippen molar-refractivity contribution in [3.8, 4) is 11.5 Å². The summed E-state index contributed by atoms with van der Waals surface area (Å²) in [5.74, 6) is 0.0168. The van der Waals surface area contributed by atoms with Gasteiger partial charge in [-0.05, 0) is 31.0 Å². The quantitative estimate of drug-likeness (QED) is 0.824. The number of carboxylic acid groups (broad SMARTS) is 1. The maximum Gasteiger partial charge on any atom is 0.306 e. The number of hydrogen-bond acceptors (Lipinski definition) is 4. The maximum atomic E-state index is 12.0. The second-order valence-corrected chi connectivity index (χ2v) is 5.13. The van der Waals surface area contributed by atoms with Gasteiger partial charge in [0.15, 0.2) is 0 Å². The Morgan fingerprint density at radius 2 is 2.00 bits per heavy atom. The minimum Gasteiger partial charge on any atom is -0.497 e. The lowest BCUT2D eigenvalue weighted by molar-refractivity contribution is -0.146. The molecule has 1 saturated carbocycles. The Bertz CT molecular complexity index is 537. The molecule has 0 aliphatic heterocycles. The van der Waals surface area contributed by atoms with Gasteiger partial charge in [-0.1, -0.05) is 0 Å². The van der Waals surface area contributed by atoms with Crippen molar-refractivity contribution in [3.63, 3.8) is 0 Å². The van der Waals surface area contributed by atoms with Crippen LogP contribution in [0.25, 0.3) is 0 Å². The minimum atomic E-state index is -0.796. The van der Waals surface area contributed by atoms with Gasteiger partial charge in [-0.2, -0.15) is 0 Å². The van der Waals surface area contributed by atoms with Crippen molar-refractivity contribution in [2.75, 3.05) is 14.2 Å². The van der Waals surface area contributed by atoms with Crippen LogP contribution < -0.4 is 14.8 Å². The first-order valence-corrected chi connectivity index (χ1v) is 6.76. The normalized spacial score (nSPS) is 20.3. The standard InChI is InChI=1S/C15H19NO5/c1-20-12-3-4-13(21-2)9(7-12)8-14(17)16-11-5-10(6-11)15(18)19/h3-4,7,10-11H,5-6,8H2,1-2H3,(H,16,17)(H,18,19). The molecule has 1 aromatic carbocycles. The SMILES string of the molecule is COc1ccc(OC)c(CC(=O)NC2CC(C(=O)O)C2)c1. The zero-order valence-electron chi connectivity index (χ0n) is 12.1. The smallest absolute Gasteiger partial charge is 0.306 e. The third-order valence-corrected chi connectivity index (χ3v) is 3.69. The average Bonchev–Trinajstić information content (AvgIpc) is 2.41. The van der Waals surface area contributed by atoms with Crippen LogP contribution in [-0.4, -0.2) is 37.2 Å². The molecule has 1 fully saturated rings. The fourth-order valence-corrected chi connectivity index (χ4v) is 2.41. The van der Waals surface area contributed by atoms with E-state index < -0.39 is 5.97 Å². The number of carboxylic acids is 1. The van der Waals surface area contributed by atoms with Crippen LogP contribution in [0.15, 0.2) is 18.2 Å². The summed E-state index contributed by atoms with van der Waals surface area (Å²) < 4.78 is 10.4. The van der Waals surface area contributed by atoms with Crippen molar-refractivity contribution < 1.29 is 24.2 Å². The molecule has 1 aliphatic rings. The molecule has 2 rings (SSSR count). The van der Waals surface area contributed by atoms with Gasteiger partial charge in [0, 0.05) is 11.6 Å². The molecule has 0 radical (unpaired) electrons. The Morgan fingerprint density at radius 3 is 2.57 bits per heavy atom. The van der Waals surface area contributed by atoms with Gasteiger partial charge >= 0.3 is 5.97 Å². The van der Waals surface area contributed by atoms with Crippen molar-refractivity contribution >= 4 is 11.9 Å². The van der Waals surface area contributed by atoms with Crippen molar-refractivity contribution in [2.45, 2.75) is 25.3 Å². The highest BCUT2D eigenvalue weighted by Gasteiger charge is 2.35. The summed E-state index contributed by atoms with van der Waals surface area (Å²) in [6.45, 7) is 0. The van der Waals surface area contributed by atoms with Crippen molar-refractivity contribution in [2.24, 2.45) is 5.92 Å². The van der Waals surface area contributed by atoms with Gasteiger partial charge < -0.3 is 19.9 Å². The van der Waals surface area contributed by atoms with Gasteiger partial charge in [-0.25, -0.2) is 0 Å². The molecule has 0 bridgehead atoms. The first-order valence-electron chi connectivity index (χ1n) is 6.76. The number of amides is 1. The molecule has 0 aromatic heterocycles. The zero-order chi connectivity index (χ0) is 15.4. The Labute approximate surface area is 123 Å². The third-order valence-electron chi connectivity index (χ3n) is 3.69. The van der Waals surface area contributed by atoms with Gasteiger partial charge in [-0.15, -0.1) is 0 Å². The zero-order valence-corrected chi connectivity index (χ0v) is 12.1. The van der Waals surface area contributed by atoms with Crippen LogP contribution in [0.1, 0.15) is 18.4 Å². The van der Waals surface area contributed by atoms with E-state index in [1.165, 1.54) is 0 Å². The summed E-state index contributed by atoms with van der Waals surface area (Å²) in [5.41, 5.74) is 0.739. The molecule has 0 saturated heterocycles. The molecule has 0 spiro atoms. The second kappa shape index (κ2) is 6.47. The molecule has 114 valence electrons. The van der Waals surface area contributed by atoms with E-state index in [0.717, 1.165) is 5.56 Å². The Kier molecular flexibility index (Phi) is 4.67. The van der Waals surface area contributed by atoms with Gasteiger partial charge in [0.1, 0.15) is 11.5 Å². The van der Waals surface area contributed by atoms with E-state index in [2.05, 4.69) is 5.32 Å². The summed E-state index contributed by atoms with van der Waals surface area (Å²) in [6, 6.07) is 5.24. The summed E-state index contributed by atoms with van der Waals surface area (Å²) >= 11 is 0. The Balaban J connectivity index is 1.92. The Hall–Kier alpha value is -2.24. The average molecular weight is 293 g/mol. The number of hydrogen-bond donors (Lipinski definition) is 2. The highest BCUT2D eigenvalue weighted by Crippen LogP contribution is 2.28. The highest BCUT2D eigenvalue weighted by molar-refractivity contribution is 5.80. The van der Waals surface area contributed by atoms with Gasteiger partial charge in [0.2, 0.25) is 5.91 Å². The molecule has 1 amide bonds. The molecular formula is C15H19NO5. The van der Waals surface area contributed by atoms with Gasteiger partial charge in [-0.3, -0.25) is 9.59 Å². The van der Waals surface area contributed by atoms with Crippen molar-refractivity contribution in [1.82, 2.24) is 5.32 Å². The van der Waals surface area contributed by atoms with E-state index in [-0.39, 0.29) is 24.3 Å². The number of nitrogens with one attached hydrogen (secondary N) is 1. The maximum absolute atomic E-state index is 12.0. The van der Waals surface area contributed by atoms with Crippen LogP contribution in [0.5, 0.6) is 11.5 Å². The van der Waals surface area contributed by atoms with Crippen molar-refractivity contribution in [1.29, 1.82) is 0 Å². The molecular weight excluding hydrogens is 274 g/mol. The number of methoxy groups -OCH3 is 2. The molecule has 2 N–H and O–H groups in total. The van der Waals surface area contributed by atoms with Crippen LogP contribution in [0.3, 0.4) is 0 Å². The second-order valence-electron chi connectivity index (χ2n) is 5.13. The summed E-state index contributed by atoms with van der Waals surface area (Å²) in [5, 5.41) is 11.6. The van der Waals surface area contributed by atoms with Gasteiger partial charge in [0.25, 0.3) is 0 Å². The minimum absolute atomic E-state index is 0.0461. The van der Waals surface area contributed by atoms with E-state index in [0.29, 0.717) is 24.3 Å². The van der Waals surface area contributed by atoms with E-state index >= 15 is 0 Å². The van der Waals surface area contributed by atoms with Crippen molar-refractivity contribution in [3.05, 3.63) is 23.8 Å². The Morgan fingerprint density at radius 1 is 1.29 bits per heavy atom. The fraction of sp³-hybridized carbons (Fsp3) is 0.467. The summed E-state index contributed by atoms with van der Waals surface area (Å²) in [7, 11) is 3.11. The number of rotatable bonds is 6. The number of carbonyl (C=O) groups is 2. The summed E-state index contributed by atoms with van der Waals surface area (Å²) in [4.78, 5) is 22.7. The third kappa shape index (κ3) is 3.65. The lowest BCUT2D eigenvalue weighted by atomic mass is 9.80. The molecule has 0 unspecified atom stereocenters. The molecule has 0 heterocycles. The van der Waals surface area contributed by atoms with Crippen LogP contribution in [0.4, 0.5) is 0 Å². The highest BCUT2D eigenvalue weighted by atomic mass is 16.5. The predicted molar refractivity (Wildman–Crippen MR) is 75.5 cm³/mol. The molecule has 21 heavy (non-hydrogen) atoms. The topological polar surface area (TPSA) is 84.9 Å². The lowest BCUT2D eigenvalue weighted by Crippen LogP contribution is -2.47. The number of aliphatic carboxylic acids is 1. The monoisotopic (exact) mass is 293 g/mol. The summed E-state index contributed by atoms with van der Waals surface area (Å²) in [6.07, 6.45) is 1.17. The largest absolute Gasteiger partial charge is 0.497 e. The first-order chi connectivity index (χ1) is 10.0. The predicted octanol–water partition coefficient (Wildman–Crippen LogP) is 1.23. The number of ether oxygens (including phenoxy) is 2. The van der Waals surface area contributed by atoms with Gasteiger partial charge in [0.05, 0.1) is 26.6 Å². The molecule has 6 heteroatoms. The molecule has 1 aromatic rings. The van der Waals surface area contributed by atoms with E-state index in [1.807, 2.05) is 0 Å².